The first-order valence-corrected chi connectivity index (χ1v) is 9.12. The molecule has 3 saturated heterocycles. The van der Waals surface area contributed by atoms with Crippen LogP contribution in [0.5, 0.6) is 0 Å². The first-order chi connectivity index (χ1) is 12.6. The van der Waals surface area contributed by atoms with Crippen molar-refractivity contribution in [2.24, 2.45) is 5.92 Å². The molecule has 0 amide bonds. The Morgan fingerprint density at radius 1 is 1.26 bits per heavy atom. The number of ketones is 1. The number of epoxide rings is 1. The van der Waals surface area contributed by atoms with Crippen LogP contribution >= 0.6 is 0 Å². The quantitative estimate of drug-likeness (QED) is 0.399. The van der Waals surface area contributed by atoms with Crippen LogP contribution in [-0.4, -0.2) is 57.8 Å². The predicted molar refractivity (Wildman–Crippen MR) is 93.4 cm³/mol. The van der Waals surface area contributed by atoms with E-state index >= 15 is 0 Å². The van der Waals surface area contributed by atoms with Gasteiger partial charge in [-0.2, -0.15) is 0 Å². The molecule has 0 radical (unpaired) electrons. The molecule has 0 aromatic heterocycles. The van der Waals surface area contributed by atoms with Crippen LogP contribution in [0.25, 0.3) is 0 Å². The lowest BCUT2D eigenvalue weighted by Gasteiger charge is -2.46. The number of aliphatic hydroxyl groups excluding tert-OH is 1. The zero-order valence-electron chi connectivity index (χ0n) is 15.6. The Balaban J connectivity index is 1.85. The molecule has 27 heavy (non-hydrogen) atoms. The van der Waals surface area contributed by atoms with E-state index in [0.29, 0.717) is 12.0 Å². The van der Waals surface area contributed by atoms with Crippen molar-refractivity contribution in [3.8, 4) is 0 Å². The molecule has 4 heterocycles. The largest absolute Gasteiger partial charge is 0.457 e. The van der Waals surface area contributed by atoms with Gasteiger partial charge < -0.3 is 24.4 Å². The maximum absolute atomic E-state index is 12.6. The first kappa shape index (κ1) is 18.6. The lowest BCUT2D eigenvalue weighted by atomic mass is 9.76. The van der Waals surface area contributed by atoms with E-state index in [0.717, 1.165) is 5.57 Å². The minimum atomic E-state index is -2.13. The highest BCUT2D eigenvalue weighted by Gasteiger charge is 2.78. The smallest absolute Gasteiger partial charge is 0.344 e. The standard InChI is InChI=1S/C20H24O7/c1-9(2)13-8-15-19-17(27-19)14(25-18(19)23)6-10(3)5-12(21)7-11(4)20(24,26-15)16(13)22/h5,7,13-17,22,24H,1,6,8H2,2-4H3/t13-,14-,15+,16-,17-,19-,20+/m1/s1. The fourth-order valence-electron chi connectivity index (χ4n) is 4.53. The monoisotopic (exact) mass is 376 g/mol. The molecule has 7 atom stereocenters. The minimum Gasteiger partial charge on any atom is -0.457 e. The molecule has 4 bridgehead atoms. The van der Waals surface area contributed by atoms with Crippen molar-refractivity contribution in [2.75, 3.05) is 0 Å². The van der Waals surface area contributed by atoms with Crippen molar-refractivity contribution in [1.82, 2.24) is 0 Å². The third-order valence-electron chi connectivity index (χ3n) is 6.12. The second kappa shape index (κ2) is 5.85. The fraction of sp³-hybridized carbons (Fsp3) is 0.600. The van der Waals surface area contributed by atoms with Crippen molar-refractivity contribution in [3.63, 3.8) is 0 Å². The van der Waals surface area contributed by atoms with Crippen LogP contribution in [0.1, 0.15) is 33.6 Å². The molecule has 7 nitrogen and oxygen atoms in total. The Hall–Kier alpha value is -1.80. The van der Waals surface area contributed by atoms with Crippen molar-refractivity contribution in [3.05, 3.63) is 35.5 Å². The Morgan fingerprint density at radius 3 is 2.59 bits per heavy atom. The molecule has 3 fully saturated rings. The molecule has 4 aliphatic rings. The highest BCUT2D eigenvalue weighted by molar-refractivity contribution is 6.00. The topological polar surface area (TPSA) is 106 Å². The summed E-state index contributed by atoms with van der Waals surface area (Å²) in [5.74, 6) is -3.52. The van der Waals surface area contributed by atoms with Crippen LogP contribution in [0.3, 0.4) is 0 Å². The number of carbonyl (C=O) groups excluding carboxylic acids is 2. The van der Waals surface area contributed by atoms with Crippen molar-refractivity contribution < 1.29 is 34.0 Å². The Bertz CT molecular complexity index is 796. The van der Waals surface area contributed by atoms with Gasteiger partial charge in [-0.3, -0.25) is 4.79 Å². The van der Waals surface area contributed by atoms with Crippen molar-refractivity contribution in [1.29, 1.82) is 0 Å². The summed E-state index contributed by atoms with van der Waals surface area (Å²) >= 11 is 0. The average molecular weight is 376 g/mol. The van der Waals surface area contributed by atoms with Gasteiger partial charge in [-0.05, 0) is 44.9 Å². The number of hydrogen-bond donors (Lipinski definition) is 2. The summed E-state index contributed by atoms with van der Waals surface area (Å²) in [6.45, 7) is 8.95. The van der Waals surface area contributed by atoms with Gasteiger partial charge in [0.25, 0.3) is 0 Å². The van der Waals surface area contributed by atoms with Crippen molar-refractivity contribution in [2.45, 2.75) is 69.4 Å². The summed E-state index contributed by atoms with van der Waals surface area (Å²) in [4.78, 5) is 25.0. The van der Waals surface area contributed by atoms with E-state index in [1.807, 2.05) is 0 Å². The second-order valence-corrected chi connectivity index (χ2v) is 8.14. The lowest BCUT2D eigenvalue weighted by molar-refractivity contribution is -0.297. The SMILES string of the molecule is C=C(C)[C@H]1C[C@@H]2O[C@@](O)(C(C)=CC(=O)C=C(C)C[C@H]3OC(=O)[C@@]24O[C@H]34)[C@@H]1O. The summed E-state index contributed by atoms with van der Waals surface area (Å²) in [5.41, 5.74) is 0.271. The van der Waals surface area contributed by atoms with E-state index in [4.69, 9.17) is 14.2 Å². The molecule has 146 valence electrons. The first-order valence-electron chi connectivity index (χ1n) is 9.12. The van der Waals surface area contributed by atoms with Crippen molar-refractivity contribution >= 4 is 11.8 Å². The van der Waals surface area contributed by atoms with E-state index in [1.165, 1.54) is 19.1 Å². The predicted octanol–water partition coefficient (Wildman–Crippen LogP) is 0.945. The molecule has 0 spiro atoms. The molecule has 4 aliphatic heterocycles. The van der Waals surface area contributed by atoms with Gasteiger partial charge >= 0.3 is 5.97 Å². The Labute approximate surface area is 157 Å². The number of fused-ring (bicyclic) bond motifs is 2. The number of esters is 1. The van der Waals surface area contributed by atoms with Crippen LogP contribution in [0.15, 0.2) is 35.5 Å². The van der Waals surface area contributed by atoms with Gasteiger partial charge in [0.1, 0.15) is 24.4 Å². The third-order valence-corrected chi connectivity index (χ3v) is 6.12. The minimum absolute atomic E-state index is 0.164. The van der Waals surface area contributed by atoms with E-state index in [2.05, 4.69) is 6.58 Å². The highest BCUT2D eigenvalue weighted by Crippen LogP contribution is 2.56. The number of allylic oxidation sites excluding steroid dienone is 2. The Kier molecular flexibility index (Phi) is 4.02. The summed E-state index contributed by atoms with van der Waals surface area (Å²) < 4.78 is 17.1. The Morgan fingerprint density at radius 2 is 1.96 bits per heavy atom. The molecule has 0 aromatic rings. The van der Waals surface area contributed by atoms with Crippen LogP contribution in [0.4, 0.5) is 0 Å². The maximum Gasteiger partial charge on any atom is 0.344 e. The number of carbonyl (C=O) groups is 2. The van der Waals surface area contributed by atoms with Gasteiger partial charge in [-0.1, -0.05) is 17.7 Å². The summed E-state index contributed by atoms with van der Waals surface area (Å²) in [5, 5.41) is 22.0. The number of hydrogen-bond acceptors (Lipinski definition) is 7. The fourth-order valence-corrected chi connectivity index (χ4v) is 4.53. The van der Waals surface area contributed by atoms with Crippen LogP contribution in [0.2, 0.25) is 0 Å². The van der Waals surface area contributed by atoms with Gasteiger partial charge in [-0.15, -0.1) is 0 Å². The molecule has 0 unspecified atom stereocenters. The van der Waals surface area contributed by atoms with Gasteiger partial charge in [0.2, 0.25) is 11.4 Å². The zero-order chi connectivity index (χ0) is 19.7. The van der Waals surface area contributed by atoms with Crippen LogP contribution in [-0.2, 0) is 23.8 Å². The molecule has 4 rings (SSSR count). The molecule has 0 aliphatic carbocycles. The molecule has 0 aromatic carbocycles. The number of rotatable bonds is 1. The van der Waals surface area contributed by atoms with E-state index < -0.39 is 47.7 Å². The van der Waals surface area contributed by atoms with E-state index in [-0.39, 0.29) is 17.8 Å². The molecule has 7 heteroatoms. The number of aliphatic hydroxyl groups is 2. The second-order valence-electron chi connectivity index (χ2n) is 8.14. The van der Waals surface area contributed by atoms with Gasteiger partial charge in [0.05, 0.1) is 0 Å². The number of ether oxygens (including phenoxy) is 3. The molecular weight excluding hydrogens is 352 g/mol. The highest BCUT2D eigenvalue weighted by atomic mass is 16.7. The van der Waals surface area contributed by atoms with Crippen LogP contribution in [0, 0.1) is 5.92 Å². The molecule has 0 saturated carbocycles. The van der Waals surface area contributed by atoms with Gasteiger partial charge in [0.15, 0.2) is 5.78 Å². The summed E-state index contributed by atoms with van der Waals surface area (Å²) in [6.07, 6.45) is 0.170. The summed E-state index contributed by atoms with van der Waals surface area (Å²) in [7, 11) is 0. The van der Waals surface area contributed by atoms with Gasteiger partial charge in [0, 0.05) is 12.3 Å². The van der Waals surface area contributed by atoms with Crippen LogP contribution < -0.4 is 0 Å². The lowest BCUT2D eigenvalue weighted by Crippen LogP contribution is -2.60. The average Bonchev–Trinajstić information content (AvgIpc) is 3.26. The van der Waals surface area contributed by atoms with E-state index in [9.17, 15) is 19.8 Å². The van der Waals surface area contributed by atoms with Gasteiger partial charge in [-0.25, -0.2) is 4.79 Å². The normalized spacial score (nSPS) is 46.3. The zero-order valence-corrected chi connectivity index (χ0v) is 15.6. The summed E-state index contributed by atoms with van der Waals surface area (Å²) in [6, 6.07) is 0. The third kappa shape index (κ3) is 2.56. The maximum atomic E-state index is 12.6. The molecular formula is C20H24O7. The van der Waals surface area contributed by atoms with E-state index in [1.54, 1.807) is 13.8 Å². The molecule has 2 N–H and O–H groups in total.